The molecule has 1 N–H and O–H groups in total. The Kier molecular flexibility index (Phi) is 4.07. The number of nitrogens with zero attached hydrogens (tertiary/aromatic N) is 5. The predicted molar refractivity (Wildman–Crippen MR) is 103 cm³/mol. The molecular weight excluding hydrogens is 362 g/mol. The summed E-state index contributed by atoms with van der Waals surface area (Å²) >= 11 is 0. The molecule has 6 nitrogen and oxygen atoms in total. The molecule has 3 heterocycles. The molecule has 3 aromatic heterocycles. The highest BCUT2D eigenvalue weighted by atomic mass is 19.3. The van der Waals surface area contributed by atoms with E-state index in [1.165, 1.54) is 6.33 Å². The number of anilines is 1. The van der Waals surface area contributed by atoms with Crippen LogP contribution in [0.2, 0.25) is 0 Å². The fourth-order valence-corrected chi connectivity index (χ4v) is 3.98. The zero-order valence-corrected chi connectivity index (χ0v) is 15.3. The van der Waals surface area contributed by atoms with Gasteiger partial charge in [0.05, 0.1) is 5.69 Å². The van der Waals surface area contributed by atoms with Gasteiger partial charge in [-0.2, -0.15) is 5.10 Å². The first-order valence-electron chi connectivity index (χ1n) is 9.55. The molecule has 0 aliphatic heterocycles. The first kappa shape index (κ1) is 17.2. The largest absolute Gasteiger partial charge is 0.354 e. The molecule has 146 valence electrons. The maximum absolute atomic E-state index is 13.3. The number of aromatic nitrogens is 5. The summed E-state index contributed by atoms with van der Waals surface area (Å²) in [6, 6.07) is 3.96. The van der Waals surface area contributed by atoms with Crippen molar-refractivity contribution in [1.82, 2.24) is 24.6 Å². The van der Waals surface area contributed by atoms with Crippen LogP contribution in [0.5, 0.6) is 0 Å². The number of fused-ring (bicyclic) bond motifs is 2. The Labute approximate surface area is 162 Å². The third-order valence-electron chi connectivity index (χ3n) is 5.63. The molecule has 2 aliphatic rings. The van der Waals surface area contributed by atoms with Crippen LogP contribution in [-0.2, 0) is 6.42 Å². The van der Waals surface area contributed by atoms with Gasteiger partial charge in [0.25, 0.3) is 0 Å². The van der Waals surface area contributed by atoms with Crippen LogP contribution in [0.3, 0.4) is 0 Å². The number of halogens is 2. The number of alkyl halides is 2. The first-order valence-corrected chi connectivity index (χ1v) is 9.55. The van der Waals surface area contributed by atoms with Gasteiger partial charge in [0.2, 0.25) is 11.9 Å². The van der Waals surface area contributed by atoms with Crippen molar-refractivity contribution in [2.75, 3.05) is 11.9 Å². The Hall–Kier alpha value is -2.90. The van der Waals surface area contributed by atoms with Gasteiger partial charge < -0.3 is 5.32 Å². The standard InChI is InChI=1S/C20H20F2N6.H2/c21-20(22)7-5-13(6-8-20)9-23-19-24-10-16-15(2-3-17(16)27-19)14-1-4-18-25-12-26-28(18)11-14;/h1-2,4,10-13H,3,5-9H2,(H,23,24,27);1H. The summed E-state index contributed by atoms with van der Waals surface area (Å²) in [7, 11) is 0. The normalized spacial score (nSPS) is 18.9. The molecule has 0 bridgehead atoms. The van der Waals surface area contributed by atoms with E-state index < -0.39 is 5.92 Å². The Morgan fingerprint density at radius 2 is 2.07 bits per heavy atom. The lowest BCUT2D eigenvalue weighted by Gasteiger charge is -2.28. The zero-order valence-electron chi connectivity index (χ0n) is 15.3. The predicted octanol–water partition coefficient (Wildman–Crippen LogP) is 3.99. The second-order valence-corrected chi connectivity index (χ2v) is 7.54. The summed E-state index contributed by atoms with van der Waals surface area (Å²) in [5.41, 5.74) is 4.93. The van der Waals surface area contributed by atoms with E-state index in [1.807, 2.05) is 24.5 Å². The number of hydrogen-bond acceptors (Lipinski definition) is 5. The van der Waals surface area contributed by atoms with Crippen LogP contribution < -0.4 is 5.32 Å². The number of hydrogen-bond donors (Lipinski definition) is 1. The molecule has 0 spiro atoms. The lowest BCUT2D eigenvalue weighted by atomic mass is 9.87. The number of allylic oxidation sites excluding steroid dienone is 1. The summed E-state index contributed by atoms with van der Waals surface area (Å²) in [5, 5.41) is 7.42. The van der Waals surface area contributed by atoms with Gasteiger partial charge in [-0.05, 0) is 36.5 Å². The number of pyridine rings is 1. The van der Waals surface area contributed by atoms with Gasteiger partial charge in [-0.15, -0.1) is 0 Å². The average molecular weight is 384 g/mol. The SMILES string of the molecule is FC1(F)CCC(CNc2ncc3c(n2)CC=C3c2ccc3ncnn3c2)CC1.[HH]. The molecular formula is C20H22F2N6. The van der Waals surface area contributed by atoms with E-state index in [-0.39, 0.29) is 20.2 Å². The summed E-state index contributed by atoms with van der Waals surface area (Å²) in [6.07, 6.45) is 9.25. The third-order valence-corrected chi connectivity index (χ3v) is 5.63. The summed E-state index contributed by atoms with van der Waals surface area (Å²) in [6.45, 7) is 0.637. The molecule has 0 saturated heterocycles. The monoisotopic (exact) mass is 384 g/mol. The Balaban J connectivity index is 0.00000205. The van der Waals surface area contributed by atoms with Gasteiger partial charge in [0.1, 0.15) is 6.33 Å². The van der Waals surface area contributed by atoms with E-state index in [2.05, 4.69) is 31.4 Å². The Morgan fingerprint density at radius 1 is 1.21 bits per heavy atom. The zero-order chi connectivity index (χ0) is 19.1. The highest BCUT2D eigenvalue weighted by Crippen LogP contribution is 2.36. The summed E-state index contributed by atoms with van der Waals surface area (Å²) in [4.78, 5) is 13.2. The van der Waals surface area contributed by atoms with Gasteiger partial charge in [-0.1, -0.05) is 6.08 Å². The van der Waals surface area contributed by atoms with Crippen molar-refractivity contribution in [3.05, 3.63) is 53.8 Å². The van der Waals surface area contributed by atoms with Crippen molar-refractivity contribution in [1.29, 1.82) is 0 Å². The second kappa shape index (κ2) is 6.61. The molecule has 8 heteroatoms. The lowest BCUT2D eigenvalue weighted by Crippen LogP contribution is -2.28. The first-order chi connectivity index (χ1) is 13.6. The Morgan fingerprint density at radius 3 is 2.93 bits per heavy atom. The van der Waals surface area contributed by atoms with Crippen LogP contribution in [0.1, 0.15) is 43.9 Å². The fourth-order valence-electron chi connectivity index (χ4n) is 3.98. The van der Waals surface area contributed by atoms with Crippen molar-refractivity contribution in [2.45, 2.75) is 38.0 Å². The van der Waals surface area contributed by atoms with Gasteiger partial charge in [0, 0.05) is 50.8 Å². The molecule has 0 radical (unpaired) electrons. The average Bonchev–Trinajstić information content (AvgIpc) is 3.33. The molecule has 0 aromatic carbocycles. The van der Waals surface area contributed by atoms with Gasteiger partial charge >= 0.3 is 0 Å². The molecule has 3 aromatic rings. The van der Waals surface area contributed by atoms with E-state index in [0.717, 1.165) is 34.5 Å². The quantitative estimate of drug-likeness (QED) is 0.737. The van der Waals surface area contributed by atoms with E-state index in [1.54, 1.807) is 4.52 Å². The van der Waals surface area contributed by atoms with E-state index in [4.69, 9.17) is 0 Å². The van der Waals surface area contributed by atoms with Crippen LogP contribution in [0.15, 0.2) is 36.9 Å². The van der Waals surface area contributed by atoms with E-state index in [0.29, 0.717) is 25.3 Å². The molecule has 5 rings (SSSR count). The number of nitrogens with one attached hydrogen (secondary N) is 1. The van der Waals surface area contributed by atoms with E-state index in [9.17, 15) is 8.78 Å². The molecule has 1 fully saturated rings. The van der Waals surface area contributed by atoms with Crippen LogP contribution in [0.25, 0.3) is 11.2 Å². The van der Waals surface area contributed by atoms with Crippen LogP contribution in [-0.4, -0.2) is 37.0 Å². The summed E-state index contributed by atoms with van der Waals surface area (Å²) in [5.74, 6) is -1.67. The van der Waals surface area contributed by atoms with E-state index >= 15 is 0 Å². The van der Waals surface area contributed by atoms with Crippen LogP contribution in [0, 0.1) is 5.92 Å². The van der Waals surface area contributed by atoms with Crippen molar-refractivity contribution < 1.29 is 10.2 Å². The highest BCUT2D eigenvalue weighted by molar-refractivity contribution is 5.83. The third kappa shape index (κ3) is 3.23. The maximum atomic E-state index is 13.3. The second-order valence-electron chi connectivity index (χ2n) is 7.54. The molecule has 1 saturated carbocycles. The number of rotatable bonds is 4. The highest BCUT2D eigenvalue weighted by Gasteiger charge is 2.34. The van der Waals surface area contributed by atoms with Crippen molar-refractivity contribution >= 4 is 17.2 Å². The van der Waals surface area contributed by atoms with Gasteiger partial charge in [-0.25, -0.2) is 28.2 Å². The maximum Gasteiger partial charge on any atom is 0.248 e. The van der Waals surface area contributed by atoms with Gasteiger partial charge in [0.15, 0.2) is 5.65 Å². The molecule has 0 unspecified atom stereocenters. The van der Waals surface area contributed by atoms with Crippen molar-refractivity contribution in [2.24, 2.45) is 5.92 Å². The van der Waals surface area contributed by atoms with Crippen molar-refractivity contribution in [3.63, 3.8) is 0 Å². The Bertz CT molecular complexity index is 1050. The minimum absolute atomic E-state index is 0. The summed E-state index contributed by atoms with van der Waals surface area (Å²) < 4.78 is 28.3. The lowest BCUT2D eigenvalue weighted by molar-refractivity contribution is -0.0443. The smallest absolute Gasteiger partial charge is 0.248 e. The van der Waals surface area contributed by atoms with Crippen molar-refractivity contribution in [3.8, 4) is 0 Å². The van der Waals surface area contributed by atoms with Crippen LogP contribution >= 0.6 is 0 Å². The fraction of sp³-hybridized carbons (Fsp3) is 0.400. The topological polar surface area (TPSA) is 68.0 Å². The molecule has 2 aliphatic carbocycles. The molecule has 28 heavy (non-hydrogen) atoms. The van der Waals surface area contributed by atoms with Crippen LogP contribution in [0.4, 0.5) is 14.7 Å². The molecule has 0 amide bonds. The minimum atomic E-state index is -2.49. The minimum Gasteiger partial charge on any atom is -0.354 e. The molecule has 0 atom stereocenters. The van der Waals surface area contributed by atoms with Gasteiger partial charge in [-0.3, -0.25) is 0 Å².